The van der Waals surface area contributed by atoms with E-state index in [1.54, 1.807) is 11.3 Å². The number of rotatable bonds is 8. The largest absolute Gasteiger partial charge is 0.329 e. The molecule has 0 amide bonds. The number of nitrogens with zero attached hydrogens (tertiary/aromatic N) is 5. The standard InChI is InChI=1S/C30H38ClN5S/c1-3-4-6-20(2)13-24-19-37-29(33-24)27-18-36(28-26(27)15-32-30(31)34-28)25-11-10-22(14-25)23-7-5-12-35(17-23)16-21-8-9-21/h3-4,6,15,18-19,21-23,25H,5,7-14,16-17H2,1-2H3/b4-3-,20-6+. The van der Waals surface area contributed by atoms with Crippen LogP contribution in [0.5, 0.6) is 0 Å². The number of hydrogen-bond donors (Lipinski definition) is 0. The van der Waals surface area contributed by atoms with E-state index in [0.717, 1.165) is 51.5 Å². The molecule has 2 aliphatic carbocycles. The highest BCUT2D eigenvalue weighted by Gasteiger charge is 2.36. The van der Waals surface area contributed by atoms with Crippen molar-refractivity contribution in [2.24, 2.45) is 17.8 Å². The summed E-state index contributed by atoms with van der Waals surface area (Å²) in [4.78, 5) is 16.8. The maximum Gasteiger partial charge on any atom is 0.224 e. The van der Waals surface area contributed by atoms with E-state index in [1.165, 1.54) is 70.2 Å². The topological polar surface area (TPSA) is 46.8 Å². The molecule has 1 aliphatic heterocycles. The zero-order valence-corrected chi connectivity index (χ0v) is 23.6. The summed E-state index contributed by atoms with van der Waals surface area (Å²) < 4.78 is 2.40. The van der Waals surface area contributed by atoms with Gasteiger partial charge in [-0.15, -0.1) is 11.3 Å². The fourth-order valence-electron chi connectivity index (χ4n) is 6.55. The maximum absolute atomic E-state index is 6.30. The number of allylic oxidation sites excluding steroid dienone is 4. The first-order valence-corrected chi connectivity index (χ1v) is 15.3. The quantitative estimate of drug-likeness (QED) is 0.218. The van der Waals surface area contributed by atoms with Crippen LogP contribution in [0.15, 0.2) is 41.6 Å². The van der Waals surface area contributed by atoms with Gasteiger partial charge in [-0.1, -0.05) is 23.8 Å². The Kier molecular flexibility index (Phi) is 7.51. The van der Waals surface area contributed by atoms with Gasteiger partial charge in [0.25, 0.3) is 0 Å². The number of hydrogen-bond acceptors (Lipinski definition) is 5. The second-order valence-corrected chi connectivity index (χ2v) is 12.7. The summed E-state index contributed by atoms with van der Waals surface area (Å²) in [6, 6.07) is 0.469. The first-order chi connectivity index (χ1) is 18.1. The Labute approximate surface area is 229 Å². The van der Waals surface area contributed by atoms with E-state index in [1.807, 2.05) is 13.1 Å². The predicted octanol–water partition coefficient (Wildman–Crippen LogP) is 7.74. The zero-order valence-electron chi connectivity index (χ0n) is 22.1. The Balaban J connectivity index is 1.22. The Morgan fingerprint density at radius 3 is 2.89 bits per heavy atom. The van der Waals surface area contributed by atoms with E-state index in [4.69, 9.17) is 21.6 Å². The van der Waals surface area contributed by atoms with Crippen molar-refractivity contribution in [3.63, 3.8) is 0 Å². The van der Waals surface area contributed by atoms with E-state index in [0.29, 0.717) is 11.3 Å². The molecule has 0 bridgehead atoms. The van der Waals surface area contributed by atoms with Crippen LogP contribution in [-0.2, 0) is 6.42 Å². The van der Waals surface area contributed by atoms with Gasteiger partial charge in [-0.05, 0) is 94.7 Å². The highest BCUT2D eigenvalue weighted by atomic mass is 35.5. The lowest BCUT2D eigenvalue weighted by Crippen LogP contribution is -2.39. The molecule has 0 aromatic carbocycles. The van der Waals surface area contributed by atoms with Crippen LogP contribution in [0.4, 0.5) is 0 Å². The Morgan fingerprint density at radius 1 is 1.16 bits per heavy atom. The molecule has 0 radical (unpaired) electrons. The van der Waals surface area contributed by atoms with Crippen molar-refractivity contribution in [1.82, 2.24) is 24.4 Å². The molecule has 4 heterocycles. The fourth-order valence-corrected chi connectivity index (χ4v) is 7.53. The molecule has 1 saturated heterocycles. The van der Waals surface area contributed by atoms with Crippen LogP contribution in [0.3, 0.4) is 0 Å². The number of halogens is 1. The molecule has 3 aliphatic rings. The van der Waals surface area contributed by atoms with Gasteiger partial charge in [-0.2, -0.15) is 4.98 Å². The zero-order chi connectivity index (χ0) is 25.4. The molecule has 37 heavy (non-hydrogen) atoms. The summed E-state index contributed by atoms with van der Waals surface area (Å²) in [5, 5.41) is 4.61. The van der Waals surface area contributed by atoms with Gasteiger partial charge in [-0.25, -0.2) is 9.97 Å². The molecule has 3 aromatic rings. The van der Waals surface area contributed by atoms with Gasteiger partial charge in [0.15, 0.2) is 0 Å². The van der Waals surface area contributed by atoms with Crippen LogP contribution in [0.1, 0.15) is 70.5 Å². The second kappa shape index (κ2) is 11.0. The summed E-state index contributed by atoms with van der Waals surface area (Å²) in [6.07, 6.45) is 20.8. The summed E-state index contributed by atoms with van der Waals surface area (Å²) in [5.74, 6) is 2.64. The Bertz CT molecular complexity index is 1300. The number of aromatic nitrogens is 4. The summed E-state index contributed by atoms with van der Waals surface area (Å²) in [5.41, 5.74) is 4.52. The van der Waals surface area contributed by atoms with E-state index in [2.05, 4.69) is 51.2 Å². The minimum absolute atomic E-state index is 0.320. The first-order valence-electron chi connectivity index (χ1n) is 14.1. The van der Waals surface area contributed by atoms with Crippen LogP contribution >= 0.6 is 22.9 Å². The molecule has 196 valence electrons. The van der Waals surface area contributed by atoms with Crippen LogP contribution in [0.2, 0.25) is 5.28 Å². The molecule has 5 nitrogen and oxygen atoms in total. The van der Waals surface area contributed by atoms with Crippen LogP contribution in [0, 0.1) is 17.8 Å². The van der Waals surface area contributed by atoms with Crippen molar-refractivity contribution in [1.29, 1.82) is 0 Å². The van der Waals surface area contributed by atoms with Gasteiger partial charge < -0.3 is 9.47 Å². The van der Waals surface area contributed by atoms with Gasteiger partial charge in [0, 0.05) is 54.3 Å². The maximum atomic E-state index is 6.30. The monoisotopic (exact) mass is 535 g/mol. The lowest BCUT2D eigenvalue weighted by molar-refractivity contribution is 0.129. The van der Waals surface area contributed by atoms with E-state index in [9.17, 15) is 0 Å². The van der Waals surface area contributed by atoms with Crippen molar-refractivity contribution < 1.29 is 0 Å². The third kappa shape index (κ3) is 5.71. The predicted molar refractivity (Wildman–Crippen MR) is 154 cm³/mol. The average Bonchev–Trinajstić information content (AvgIpc) is 3.27. The smallest absolute Gasteiger partial charge is 0.224 e. The second-order valence-electron chi connectivity index (χ2n) is 11.5. The molecule has 6 rings (SSSR count). The van der Waals surface area contributed by atoms with Crippen molar-refractivity contribution in [2.45, 2.75) is 71.3 Å². The third-order valence-electron chi connectivity index (χ3n) is 8.62. The molecule has 7 heteroatoms. The molecular weight excluding hydrogens is 498 g/mol. The van der Waals surface area contributed by atoms with Gasteiger partial charge in [-0.3, -0.25) is 0 Å². The SMILES string of the molecule is C/C=C\C=C(/C)Cc1csc(-c2cn(C3CCC(C4CCCN(CC5CC5)C4)C3)c3nc(Cl)ncc23)n1. The minimum Gasteiger partial charge on any atom is -0.329 e. The van der Waals surface area contributed by atoms with Crippen molar-refractivity contribution in [2.75, 3.05) is 19.6 Å². The normalized spacial score (nSPS) is 25.6. The van der Waals surface area contributed by atoms with Crippen molar-refractivity contribution in [3.05, 3.63) is 52.6 Å². The highest BCUT2D eigenvalue weighted by Crippen LogP contribution is 2.44. The molecule has 0 N–H and O–H groups in total. The van der Waals surface area contributed by atoms with E-state index < -0.39 is 0 Å². The number of thiazole rings is 1. The molecule has 2 saturated carbocycles. The van der Waals surface area contributed by atoms with Gasteiger partial charge in [0.1, 0.15) is 10.7 Å². The van der Waals surface area contributed by atoms with Crippen LogP contribution < -0.4 is 0 Å². The molecule has 3 unspecified atom stereocenters. The van der Waals surface area contributed by atoms with Gasteiger partial charge in [0.2, 0.25) is 5.28 Å². The van der Waals surface area contributed by atoms with E-state index in [-0.39, 0.29) is 0 Å². The third-order valence-corrected chi connectivity index (χ3v) is 9.72. The summed E-state index contributed by atoms with van der Waals surface area (Å²) in [7, 11) is 0. The van der Waals surface area contributed by atoms with Crippen molar-refractivity contribution in [3.8, 4) is 10.6 Å². The van der Waals surface area contributed by atoms with Crippen LogP contribution in [0.25, 0.3) is 21.6 Å². The van der Waals surface area contributed by atoms with Crippen molar-refractivity contribution >= 4 is 34.0 Å². The number of likely N-dealkylation sites (tertiary alicyclic amines) is 1. The highest BCUT2D eigenvalue weighted by molar-refractivity contribution is 7.13. The van der Waals surface area contributed by atoms with Crippen LogP contribution in [-0.4, -0.2) is 44.1 Å². The molecule has 0 spiro atoms. The van der Waals surface area contributed by atoms with E-state index >= 15 is 0 Å². The summed E-state index contributed by atoms with van der Waals surface area (Å²) >= 11 is 8.02. The molecule has 3 aromatic heterocycles. The molecule has 3 fully saturated rings. The number of piperidine rings is 1. The Hall–Kier alpha value is -2.02. The fraction of sp³-hybridized carbons (Fsp3) is 0.567. The first kappa shape index (κ1) is 25.3. The molecular formula is C30H38ClN5S. The average molecular weight is 536 g/mol. The number of fused-ring (bicyclic) bond motifs is 1. The molecule has 3 atom stereocenters. The lowest BCUT2D eigenvalue weighted by Gasteiger charge is -2.36. The van der Waals surface area contributed by atoms with Gasteiger partial charge >= 0.3 is 0 Å². The summed E-state index contributed by atoms with van der Waals surface area (Å²) in [6.45, 7) is 8.16. The Morgan fingerprint density at radius 2 is 2.05 bits per heavy atom. The minimum atomic E-state index is 0.320. The van der Waals surface area contributed by atoms with Gasteiger partial charge in [0.05, 0.1) is 5.69 Å². The lowest BCUT2D eigenvalue weighted by atomic mass is 9.84.